The minimum atomic E-state index is -0.898. The molecule has 1 aliphatic rings. The summed E-state index contributed by atoms with van der Waals surface area (Å²) in [4.78, 5) is 13.8. The Hall–Kier alpha value is -1.49. The van der Waals surface area contributed by atoms with Crippen molar-refractivity contribution in [1.82, 2.24) is 4.90 Å². The zero-order valence-electron chi connectivity index (χ0n) is 13.0. The Labute approximate surface area is 130 Å². The highest BCUT2D eigenvalue weighted by Gasteiger charge is 2.23. The molecule has 1 atom stereocenters. The Bertz CT molecular complexity index is 515. The van der Waals surface area contributed by atoms with Gasteiger partial charge in [0.25, 0.3) is 0 Å². The van der Waals surface area contributed by atoms with Gasteiger partial charge >= 0.3 is 0 Å². The van der Waals surface area contributed by atoms with E-state index >= 15 is 0 Å². The van der Waals surface area contributed by atoms with Crippen LogP contribution < -0.4 is 5.73 Å². The first-order chi connectivity index (χ1) is 10.5. The Kier molecular flexibility index (Phi) is 5.89. The van der Waals surface area contributed by atoms with Crippen LogP contribution in [-0.2, 0) is 11.3 Å². The fourth-order valence-corrected chi connectivity index (χ4v) is 3.16. The molecule has 22 heavy (non-hydrogen) atoms. The molecular weight excluding hydrogens is 286 g/mol. The first-order valence-electron chi connectivity index (χ1n) is 7.92. The van der Waals surface area contributed by atoms with E-state index < -0.39 is 17.7 Å². The van der Waals surface area contributed by atoms with Crippen LogP contribution in [0.15, 0.2) is 18.2 Å². The van der Waals surface area contributed by atoms with Gasteiger partial charge in [-0.15, -0.1) is 0 Å². The standard InChI is InChI=1S/C17H24F2N2O/c1-21(11-13-7-8-14(18)15(19)9-13)17(22)16(20)10-12-5-3-2-4-6-12/h7-9,12,16H,2-6,10-11,20H2,1H3. The SMILES string of the molecule is CN(Cc1ccc(F)c(F)c1)C(=O)C(N)CC1CCCCC1. The number of carbonyl (C=O) groups is 1. The summed E-state index contributed by atoms with van der Waals surface area (Å²) in [5.74, 6) is -1.39. The van der Waals surface area contributed by atoms with Crippen LogP contribution in [0.4, 0.5) is 8.78 Å². The molecule has 0 saturated heterocycles. The minimum absolute atomic E-state index is 0.143. The number of nitrogens with zero attached hydrogens (tertiary/aromatic N) is 1. The Balaban J connectivity index is 1.88. The van der Waals surface area contributed by atoms with Crippen LogP contribution in [0.5, 0.6) is 0 Å². The summed E-state index contributed by atoms with van der Waals surface area (Å²) >= 11 is 0. The van der Waals surface area contributed by atoms with Crippen molar-refractivity contribution in [3.8, 4) is 0 Å². The van der Waals surface area contributed by atoms with Crippen molar-refractivity contribution >= 4 is 5.91 Å². The molecule has 0 bridgehead atoms. The maximum Gasteiger partial charge on any atom is 0.239 e. The van der Waals surface area contributed by atoms with Gasteiger partial charge in [-0.3, -0.25) is 4.79 Å². The van der Waals surface area contributed by atoms with E-state index in [4.69, 9.17) is 5.73 Å². The van der Waals surface area contributed by atoms with Crippen molar-refractivity contribution in [2.45, 2.75) is 51.1 Å². The van der Waals surface area contributed by atoms with E-state index in [0.717, 1.165) is 25.0 Å². The summed E-state index contributed by atoms with van der Waals surface area (Å²) in [6, 6.07) is 3.16. The molecule has 1 amide bonds. The molecule has 0 aromatic heterocycles. The number of hydrogen-bond acceptors (Lipinski definition) is 2. The van der Waals surface area contributed by atoms with Gasteiger partial charge in [0.2, 0.25) is 5.91 Å². The van der Waals surface area contributed by atoms with E-state index in [0.29, 0.717) is 17.9 Å². The maximum atomic E-state index is 13.2. The number of carbonyl (C=O) groups excluding carboxylic acids is 1. The summed E-state index contributed by atoms with van der Waals surface area (Å²) in [5, 5.41) is 0. The van der Waals surface area contributed by atoms with E-state index in [9.17, 15) is 13.6 Å². The van der Waals surface area contributed by atoms with E-state index in [1.54, 1.807) is 7.05 Å². The second-order valence-electron chi connectivity index (χ2n) is 6.29. The number of rotatable bonds is 5. The average Bonchev–Trinajstić information content (AvgIpc) is 2.51. The lowest BCUT2D eigenvalue weighted by Crippen LogP contribution is -2.42. The molecular formula is C17H24F2N2O. The topological polar surface area (TPSA) is 46.3 Å². The van der Waals surface area contributed by atoms with Crippen LogP contribution in [0.2, 0.25) is 0 Å². The van der Waals surface area contributed by atoms with Crippen molar-refractivity contribution < 1.29 is 13.6 Å². The van der Waals surface area contributed by atoms with Crippen molar-refractivity contribution in [3.63, 3.8) is 0 Å². The number of benzene rings is 1. The van der Waals surface area contributed by atoms with Gasteiger partial charge in [0.15, 0.2) is 11.6 Å². The van der Waals surface area contributed by atoms with Crippen molar-refractivity contribution in [3.05, 3.63) is 35.4 Å². The van der Waals surface area contributed by atoms with E-state index in [1.165, 1.54) is 30.2 Å². The lowest BCUT2D eigenvalue weighted by atomic mass is 9.85. The highest BCUT2D eigenvalue weighted by atomic mass is 19.2. The number of amides is 1. The zero-order chi connectivity index (χ0) is 16.1. The molecule has 0 spiro atoms. The summed E-state index contributed by atoms with van der Waals surface area (Å²) in [6.07, 6.45) is 6.71. The van der Waals surface area contributed by atoms with Gasteiger partial charge in [-0.2, -0.15) is 0 Å². The smallest absolute Gasteiger partial charge is 0.239 e. The second-order valence-corrected chi connectivity index (χ2v) is 6.29. The minimum Gasteiger partial charge on any atom is -0.340 e. The Morgan fingerprint density at radius 3 is 2.59 bits per heavy atom. The van der Waals surface area contributed by atoms with Gasteiger partial charge in [0.05, 0.1) is 6.04 Å². The number of likely N-dealkylation sites (N-methyl/N-ethyl adjacent to an activating group) is 1. The van der Waals surface area contributed by atoms with Crippen molar-refractivity contribution in [2.24, 2.45) is 11.7 Å². The third-order valence-corrected chi connectivity index (χ3v) is 4.41. The predicted octanol–water partition coefficient (Wildman–Crippen LogP) is 3.22. The molecule has 2 rings (SSSR count). The number of nitrogens with two attached hydrogens (primary N) is 1. The van der Waals surface area contributed by atoms with Gasteiger partial charge in [-0.05, 0) is 30.0 Å². The highest BCUT2D eigenvalue weighted by Crippen LogP contribution is 2.27. The largest absolute Gasteiger partial charge is 0.340 e. The van der Waals surface area contributed by atoms with Crippen molar-refractivity contribution in [1.29, 1.82) is 0 Å². The first kappa shape index (κ1) is 16.9. The molecule has 1 aliphatic carbocycles. The van der Waals surface area contributed by atoms with Gasteiger partial charge in [-0.25, -0.2) is 8.78 Å². The van der Waals surface area contributed by atoms with Gasteiger partial charge in [0, 0.05) is 13.6 Å². The van der Waals surface area contributed by atoms with Gasteiger partial charge < -0.3 is 10.6 Å². The molecule has 122 valence electrons. The van der Waals surface area contributed by atoms with Gasteiger partial charge in [0.1, 0.15) is 0 Å². The molecule has 5 heteroatoms. The van der Waals surface area contributed by atoms with Crippen molar-refractivity contribution in [2.75, 3.05) is 7.05 Å². The number of hydrogen-bond donors (Lipinski definition) is 1. The Morgan fingerprint density at radius 2 is 1.95 bits per heavy atom. The quantitative estimate of drug-likeness (QED) is 0.907. The molecule has 0 aliphatic heterocycles. The van der Waals surface area contributed by atoms with Crippen LogP contribution >= 0.6 is 0 Å². The zero-order valence-corrected chi connectivity index (χ0v) is 13.0. The van der Waals surface area contributed by atoms with E-state index in [-0.39, 0.29) is 12.5 Å². The Morgan fingerprint density at radius 1 is 1.27 bits per heavy atom. The molecule has 3 nitrogen and oxygen atoms in total. The molecule has 2 N–H and O–H groups in total. The summed E-state index contributed by atoms with van der Waals surface area (Å²) in [7, 11) is 1.64. The summed E-state index contributed by atoms with van der Waals surface area (Å²) in [6.45, 7) is 0.231. The highest BCUT2D eigenvalue weighted by molar-refractivity contribution is 5.81. The monoisotopic (exact) mass is 310 g/mol. The fourth-order valence-electron chi connectivity index (χ4n) is 3.16. The molecule has 1 saturated carbocycles. The lowest BCUT2D eigenvalue weighted by Gasteiger charge is -2.27. The molecule has 1 fully saturated rings. The molecule has 1 aromatic rings. The van der Waals surface area contributed by atoms with Crippen LogP contribution in [0.25, 0.3) is 0 Å². The van der Waals surface area contributed by atoms with Crippen LogP contribution in [0, 0.1) is 17.6 Å². The molecule has 0 heterocycles. The normalized spacial score (nSPS) is 17.3. The van der Waals surface area contributed by atoms with Gasteiger partial charge in [-0.1, -0.05) is 38.2 Å². The average molecular weight is 310 g/mol. The van der Waals surface area contributed by atoms with Crippen LogP contribution in [0.3, 0.4) is 0 Å². The third kappa shape index (κ3) is 4.50. The summed E-state index contributed by atoms with van der Waals surface area (Å²) < 4.78 is 26.1. The van der Waals surface area contributed by atoms with Crippen LogP contribution in [-0.4, -0.2) is 23.9 Å². The fraction of sp³-hybridized carbons (Fsp3) is 0.588. The molecule has 1 aromatic carbocycles. The molecule has 1 unspecified atom stereocenters. The first-order valence-corrected chi connectivity index (χ1v) is 7.92. The van der Waals surface area contributed by atoms with E-state index in [1.807, 2.05) is 0 Å². The lowest BCUT2D eigenvalue weighted by molar-refractivity contribution is -0.132. The van der Waals surface area contributed by atoms with E-state index in [2.05, 4.69) is 0 Å². The van der Waals surface area contributed by atoms with Crippen LogP contribution in [0.1, 0.15) is 44.1 Å². The third-order valence-electron chi connectivity index (χ3n) is 4.41. The maximum absolute atomic E-state index is 13.2. The second kappa shape index (κ2) is 7.68. The summed E-state index contributed by atoms with van der Waals surface area (Å²) in [5.41, 5.74) is 6.59. The predicted molar refractivity (Wildman–Crippen MR) is 82.0 cm³/mol. The molecule has 0 radical (unpaired) electrons. The number of halogens is 2.